The van der Waals surface area contributed by atoms with Crippen molar-refractivity contribution in [1.29, 1.82) is 0 Å². The first-order valence-electron chi connectivity index (χ1n) is 7.31. The molecule has 1 aromatic heterocycles. The molecule has 0 amide bonds. The van der Waals surface area contributed by atoms with E-state index in [9.17, 15) is 0 Å². The van der Waals surface area contributed by atoms with E-state index in [-0.39, 0.29) is 5.41 Å². The SMILES string of the molecule is Cc1cnc(Nc2cccc3c2OCC3)nc1C(C)(C)C. The lowest BCUT2D eigenvalue weighted by atomic mass is 9.89. The van der Waals surface area contributed by atoms with Crippen molar-refractivity contribution in [3.63, 3.8) is 0 Å². The standard InChI is InChI=1S/C17H21N3O/c1-11-10-18-16(20-15(11)17(2,3)4)19-13-7-5-6-12-8-9-21-14(12)13/h5-7,10H,8-9H2,1-4H3,(H,18,19,20). The number of hydrogen-bond donors (Lipinski definition) is 1. The van der Waals surface area contributed by atoms with Crippen LogP contribution in [0.4, 0.5) is 11.6 Å². The van der Waals surface area contributed by atoms with Crippen molar-refractivity contribution in [2.75, 3.05) is 11.9 Å². The van der Waals surface area contributed by atoms with E-state index in [1.54, 1.807) is 0 Å². The summed E-state index contributed by atoms with van der Waals surface area (Å²) in [5.74, 6) is 1.55. The normalized spacial score (nSPS) is 13.7. The zero-order chi connectivity index (χ0) is 15.0. The van der Waals surface area contributed by atoms with Crippen LogP contribution in [0.15, 0.2) is 24.4 Å². The topological polar surface area (TPSA) is 47.0 Å². The van der Waals surface area contributed by atoms with Gasteiger partial charge in [-0.15, -0.1) is 0 Å². The van der Waals surface area contributed by atoms with Gasteiger partial charge in [0, 0.05) is 18.0 Å². The van der Waals surface area contributed by atoms with Crippen LogP contribution >= 0.6 is 0 Å². The van der Waals surface area contributed by atoms with Crippen molar-refractivity contribution in [3.8, 4) is 5.75 Å². The molecule has 4 heteroatoms. The van der Waals surface area contributed by atoms with Crippen molar-refractivity contribution < 1.29 is 4.74 Å². The summed E-state index contributed by atoms with van der Waals surface area (Å²) < 4.78 is 5.70. The Labute approximate surface area is 125 Å². The number of para-hydroxylation sites is 1. The second-order valence-electron chi connectivity index (χ2n) is 6.49. The van der Waals surface area contributed by atoms with Crippen LogP contribution in [0.2, 0.25) is 0 Å². The van der Waals surface area contributed by atoms with Crippen LogP contribution in [-0.2, 0) is 11.8 Å². The summed E-state index contributed by atoms with van der Waals surface area (Å²) in [7, 11) is 0. The number of aromatic nitrogens is 2. The molecule has 21 heavy (non-hydrogen) atoms. The molecule has 0 unspecified atom stereocenters. The number of nitrogens with zero attached hydrogens (tertiary/aromatic N) is 2. The molecule has 0 radical (unpaired) electrons. The highest BCUT2D eigenvalue weighted by molar-refractivity contribution is 5.66. The minimum atomic E-state index is -0.00140. The molecule has 2 aromatic rings. The highest BCUT2D eigenvalue weighted by Gasteiger charge is 2.20. The molecule has 0 aliphatic carbocycles. The maximum Gasteiger partial charge on any atom is 0.227 e. The molecule has 3 rings (SSSR count). The maximum atomic E-state index is 5.70. The van der Waals surface area contributed by atoms with E-state index in [0.29, 0.717) is 5.95 Å². The van der Waals surface area contributed by atoms with Gasteiger partial charge in [0.2, 0.25) is 5.95 Å². The minimum Gasteiger partial charge on any atom is -0.491 e. The number of aryl methyl sites for hydroxylation is 1. The summed E-state index contributed by atoms with van der Waals surface area (Å²) in [4.78, 5) is 9.08. The first-order valence-corrected chi connectivity index (χ1v) is 7.31. The Morgan fingerprint density at radius 3 is 2.81 bits per heavy atom. The van der Waals surface area contributed by atoms with Crippen LogP contribution < -0.4 is 10.1 Å². The van der Waals surface area contributed by atoms with Crippen LogP contribution in [-0.4, -0.2) is 16.6 Å². The van der Waals surface area contributed by atoms with Gasteiger partial charge >= 0.3 is 0 Å². The molecule has 0 bridgehead atoms. The summed E-state index contributed by atoms with van der Waals surface area (Å²) in [6.45, 7) is 9.28. The monoisotopic (exact) mass is 283 g/mol. The number of ether oxygens (including phenoxy) is 1. The fourth-order valence-electron chi connectivity index (χ4n) is 2.70. The summed E-state index contributed by atoms with van der Waals surface area (Å²) in [6.07, 6.45) is 2.84. The average molecular weight is 283 g/mol. The van der Waals surface area contributed by atoms with Gasteiger partial charge in [-0.2, -0.15) is 0 Å². The van der Waals surface area contributed by atoms with Gasteiger partial charge in [0.05, 0.1) is 18.0 Å². The molecule has 110 valence electrons. The predicted molar refractivity (Wildman–Crippen MR) is 84.4 cm³/mol. The minimum absolute atomic E-state index is 0.00140. The molecule has 1 aliphatic heterocycles. The lowest BCUT2D eigenvalue weighted by Crippen LogP contribution is -2.17. The zero-order valence-corrected chi connectivity index (χ0v) is 13.0. The van der Waals surface area contributed by atoms with Gasteiger partial charge in [0.1, 0.15) is 5.75 Å². The first kappa shape index (κ1) is 13.9. The number of rotatable bonds is 2. The fraction of sp³-hybridized carbons (Fsp3) is 0.412. The van der Waals surface area contributed by atoms with E-state index in [0.717, 1.165) is 35.7 Å². The smallest absolute Gasteiger partial charge is 0.227 e. The lowest BCUT2D eigenvalue weighted by molar-refractivity contribution is 0.358. The molecule has 0 saturated heterocycles. The second-order valence-corrected chi connectivity index (χ2v) is 6.49. The third-order valence-electron chi connectivity index (χ3n) is 3.64. The van der Waals surface area contributed by atoms with Gasteiger partial charge < -0.3 is 10.1 Å². The van der Waals surface area contributed by atoms with Gasteiger partial charge in [-0.3, -0.25) is 0 Å². The summed E-state index contributed by atoms with van der Waals surface area (Å²) in [5.41, 5.74) is 4.35. The van der Waals surface area contributed by atoms with Gasteiger partial charge in [-0.25, -0.2) is 9.97 Å². The summed E-state index contributed by atoms with van der Waals surface area (Å²) >= 11 is 0. The van der Waals surface area contributed by atoms with Gasteiger partial charge in [0.25, 0.3) is 0 Å². The fourth-order valence-corrected chi connectivity index (χ4v) is 2.70. The quantitative estimate of drug-likeness (QED) is 0.911. The summed E-state index contributed by atoms with van der Waals surface area (Å²) in [5, 5.41) is 3.30. The molecular formula is C17H21N3O. The second kappa shape index (κ2) is 5.02. The summed E-state index contributed by atoms with van der Waals surface area (Å²) in [6, 6.07) is 6.14. The van der Waals surface area contributed by atoms with Crippen molar-refractivity contribution in [2.45, 2.75) is 39.5 Å². The van der Waals surface area contributed by atoms with E-state index in [1.807, 2.05) is 25.3 Å². The van der Waals surface area contributed by atoms with Crippen molar-refractivity contribution in [2.24, 2.45) is 0 Å². The number of benzene rings is 1. The van der Waals surface area contributed by atoms with E-state index in [4.69, 9.17) is 4.74 Å². The van der Waals surface area contributed by atoms with Gasteiger partial charge in [-0.05, 0) is 24.1 Å². The van der Waals surface area contributed by atoms with E-state index < -0.39 is 0 Å². The van der Waals surface area contributed by atoms with Crippen LogP contribution in [0.3, 0.4) is 0 Å². The number of hydrogen-bond acceptors (Lipinski definition) is 4. The van der Waals surface area contributed by atoms with Crippen LogP contribution in [0.25, 0.3) is 0 Å². The third-order valence-corrected chi connectivity index (χ3v) is 3.64. The van der Waals surface area contributed by atoms with Crippen molar-refractivity contribution in [1.82, 2.24) is 9.97 Å². The molecular weight excluding hydrogens is 262 g/mol. The third kappa shape index (κ3) is 2.71. The zero-order valence-electron chi connectivity index (χ0n) is 13.0. The first-order chi connectivity index (χ1) is 9.95. The number of anilines is 2. The van der Waals surface area contributed by atoms with E-state index in [2.05, 4.69) is 42.1 Å². The Morgan fingerprint density at radius 2 is 2.05 bits per heavy atom. The van der Waals surface area contributed by atoms with Crippen molar-refractivity contribution >= 4 is 11.6 Å². The Morgan fingerprint density at radius 1 is 1.24 bits per heavy atom. The molecule has 0 fully saturated rings. The van der Waals surface area contributed by atoms with Crippen LogP contribution in [0.5, 0.6) is 5.75 Å². The average Bonchev–Trinajstić information content (AvgIpc) is 2.89. The predicted octanol–water partition coefficient (Wildman–Crippen LogP) is 3.76. The van der Waals surface area contributed by atoms with Gasteiger partial charge in [0.15, 0.2) is 0 Å². The van der Waals surface area contributed by atoms with Crippen LogP contribution in [0, 0.1) is 6.92 Å². The molecule has 1 aliphatic rings. The van der Waals surface area contributed by atoms with Crippen LogP contribution in [0.1, 0.15) is 37.6 Å². The Hall–Kier alpha value is -2.10. The highest BCUT2D eigenvalue weighted by Crippen LogP contribution is 2.35. The number of fused-ring (bicyclic) bond motifs is 1. The molecule has 0 saturated carbocycles. The molecule has 1 aromatic carbocycles. The molecule has 1 N–H and O–H groups in total. The lowest BCUT2D eigenvalue weighted by Gasteiger charge is -2.20. The molecule has 0 atom stereocenters. The van der Waals surface area contributed by atoms with E-state index in [1.165, 1.54) is 5.56 Å². The molecule has 2 heterocycles. The number of nitrogens with one attached hydrogen (secondary N) is 1. The maximum absolute atomic E-state index is 5.70. The molecule has 4 nitrogen and oxygen atoms in total. The Balaban J connectivity index is 1.95. The van der Waals surface area contributed by atoms with E-state index >= 15 is 0 Å². The Kier molecular flexibility index (Phi) is 3.32. The van der Waals surface area contributed by atoms with Gasteiger partial charge in [-0.1, -0.05) is 32.9 Å². The highest BCUT2D eigenvalue weighted by atomic mass is 16.5. The largest absolute Gasteiger partial charge is 0.491 e. The molecule has 0 spiro atoms. The Bertz CT molecular complexity index is 674. The van der Waals surface area contributed by atoms with Crippen molar-refractivity contribution in [3.05, 3.63) is 41.2 Å².